The fourth-order valence-electron chi connectivity index (χ4n) is 4.69. The second kappa shape index (κ2) is 9.30. The number of aliphatic imine (C=N–C) groups is 1. The van der Waals surface area contributed by atoms with Crippen LogP contribution in [0.25, 0.3) is 0 Å². The quantitative estimate of drug-likeness (QED) is 0.587. The summed E-state index contributed by atoms with van der Waals surface area (Å²) >= 11 is 0. The van der Waals surface area contributed by atoms with Crippen LogP contribution in [0.5, 0.6) is 0 Å². The molecule has 5 nitrogen and oxygen atoms in total. The summed E-state index contributed by atoms with van der Waals surface area (Å²) in [4.78, 5) is 25.1. The van der Waals surface area contributed by atoms with Gasteiger partial charge >= 0.3 is 0 Å². The number of nitrogens with zero attached hydrogens (tertiary/aromatic N) is 4. The third kappa shape index (κ3) is 4.61. The molecule has 1 fully saturated rings. The highest BCUT2D eigenvalue weighted by atomic mass is 16.2. The first-order chi connectivity index (χ1) is 16.1. The van der Waals surface area contributed by atoms with Crippen LogP contribution in [0.4, 0.5) is 11.4 Å². The molecule has 168 valence electrons. The summed E-state index contributed by atoms with van der Waals surface area (Å²) in [6.45, 7) is 9.59. The summed E-state index contributed by atoms with van der Waals surface area (Å²) in [5.74, 6) is -0.0112. The molecular formula is C28H30N4O. The van der Waals surface area contributed by atoms with Crippen LogP contribution >= 0.6 is 0 Å². The zero-order valence-electron chi connectivity index (χ0n) is 19.4. The molecule has 1 amide bonds. The van der Waals surface area contributed by atoms with E-state index in [0.29, 0.717) is 12.4 Å². The van der Waals surface area contributed by atoms with Crippen molar-refractivity contribution in [3.05, 3.63) is 95.1 Å². The molecule has 2 heterocycles. The fraction of sp³-hybridized carbons (Fsp3) is 0.286. The zero-order chi connectivity index (χ0) is 22.8. The van der Waals surface area contributed by atoms with Gasteiger partial charge in [-0.1, -0.05) is 66.2 Å². The first-order valence-electron chi connectivity index (χ1n) is 11.6. The molecule has 0 unspecified atom stereocenters. The Morgan fingerprint density at radius 1 is 0.818 bits per heavy atom. The van der Waals surface area contributed by atoms with E-state index in [9.17, 15) is 4.79 Å². The Kier molecular flexibility index (Phi) is 6.07. The molecule has 2 aliphatic heterocycles. The molecule has 3 aromatic carbocycles. The van der Waals surface area contributed by atoms with Crippen LogP contribution < -0.4 is 4.90 Å². The average Bonchev–Trinajstić information content (AvgIpc) is 3.08. The number of aryl methyl sites for hydroxylation is 2. The standard InChI is InChI=1S/C28H30N4O/c1-21-12-13-25(22(2)18-21)29-27-24-10-6-7-11-26(24)32(28(27)33)20-31-16-14-30(15-17-31)19-23-8-4-3-5-9-23/h3-13,18H,14-17,19-20H2,1-2H3. The summed E-state index contributed by atoms with van der Waals surface area (Å²) in [7, 11) is 0. The number of carbonyl (C=O) groups is 1. The van der Waals surface area contributed by atoms with Gasteiger partial charge in [-0.05, 0) is 37.1 Å². The Hall–Kier alpha value is -3.28. The molecule has 5 heteroatoms. The van der Waals surface area contributed by atoms with Crippen molar-refractivity contribution in [2.45, 2.75) is 20.4 Å². The van der Waals surface area contributed by atoms with E-state index in [4.69, 9.17) is 4.99 Å². The third-order valence-electron chi connectivity index (χ3n) is 6.54. The van der Waals surface area contributed by atoms with Crippen molar-refractivity contribution in [2.24, 2.45) is 4.99 Å². The van der Waals surface area contributed by atoms with E-state index in [1.807, 2.05) is 48.2 Å². The van der Waals surface area contributed by atoms with Crippen LogP contribution in [0.3, 0.4) is 0 Å². The van der Waals surface area contributed by atoms with Gasteiger partial charge in [-0.25, -0.2) is 4.99 Å². The predicted molar refractivity (Wildman–Crippen MR) is 134 cm³/mol. The maximum Gasteiger partial charge on any atom is 0.278 e. The SMILES string of the molecule is Cc1ccc(N=C2C(=O)N(CN3CCN(Cc4ccccc4)CC3)c3ccccc32)c(C)c1. The Morgan fingerprint density at radius 3 is 2.27 bits per heavy atom. The van der Waals surface area contributed by atoms with Gasteiger partial charge in [-0.2, -0.15) is 0 Å². The lowest BCUT2D eigenvalue weighted by molar-refractivity contribution is -0.112. The van der Waals surface area contributed by atoms with Gasteiger partial charge in [0.1, 0.15) is 5.71 Å². The number of piperazine rings is 1. The number of amides is 1. The molecule has 0 bridgehead atoms. The van der Waals surface area contributed by atoms with Gasteiger partial charge in [0.25, 0.3) is 5.91 Å². The predicted octanol–water partition coefficient (Wildman–Crippen LogP) is 4.55. The molecule has 33 heavy (non-hydrogen) atoms. The number of para-hydroxylation sites is 1. The first kappa shape index (κ1) is 21.6. The normalized spacial score (nSPS) is 18.2. The summed E-state index contributed by atoms with van der Waals surface area (Å²) in [5, 5.41) is 0. The molecule has 0 aliphatic carbocycles. The number of carbonyl (C=O) groups excluding carboxylic acids is 1. The minimum absolute atomic E-state index is 0.0112. The monoisotopic (exact) mass is 438 g/mol. The number of anilines is 1. The lowest BCUT2D eigenvalue weighted by Crippen LogP contribution is -2.50. The Bertz CT molecular complexity index is 1180. The van der Waals surface area contributed by atoms with Crippen molar-refractivity contribution >= 4 is 23.0 Å². The topological polar surface area (TPSA) is 39.2 Å². The minimum atomic E-state index is -0.0112. The van der Waals surface area contributed by atoms with Gasteiger partial charge in [0.2, 0.25) is 0 Å². The highest BCUT2D eigenvalue weighted by Crippen LogP contribution is 2.32. The molecule has 0 aromatic heterocycles. The van der Waals surface area contributed by atoms with Crippen molar-refractivity contribution in [3.63, 3.8) is 0 Å². The molecule has 1 saturated heterocycles. The average molecular weight is 439 g/mol. The zero-order valence-corrected chi connectivity index (χ0v) is 19.4. The number of hydrogen-bond donors (Lipinski definition) is 0. The van der Waals surface area contributed by atoms with Crippen LogP contribution in [0.15, 0.2) is 77.8 Å². The number of rotatable bonds is 5. The maximum absolute atomic E-state index is 13.5. The third-order valence-corrected chi connectivity index (χ3v) is 6.54. The Morgan fingerprint density at radius 2 is 1.52 bits per heavy atom. The molecular weight excluding hydrogens is 408 g/mol. The van der Waals surface area contributed by atoms with Crippen molar-refractivity contribution in [1.82, 2.24) is 9.80 Å². The summed E-state index contributed by atoms with van der Waals surface area (Å²) in [6.07, 6.45) is 0. The fourth-order valence-corrected chi connectivity index (χ4v) is 4.69. The molecule has 0 N–H and O–H groups in total. The number of benzene rings is 3. The molecule has 0 spiro atoms. The molecule has 2 aliphatic rings. The van der Waals surface area contributed by atoms with Gasteiger partial charge in [-0.3, -0.25) is 19.5 Å². The highest BCUT2D eigenvalue weighted by molar-refractivity contribution is 6.54. The van der Waals surface area contributed by atoms with Gasteiger partial charge in [0.15, 0.2) is 0 Å². The molecule has 0 saturated carbocycles. The van der Waals surface area contributed by atoms with E-state index < -0.39 is 0 Å². The van der Waals surface area contributed by atoms with E-state index >= 15 is 0 Å². The number of hydrogen-bond acceptors (Lipinski definition) is 4. The van der Waals surface area contributed by atoms with E-state index in [2.05, 4.69) is 53.1 Å². The summed E-state index contributed by atoms with van der Waals surface area (Å²) in [6, 6.07) is 24.8. The molecule has 5 rings (SSSR count). The summed E-state index contributed by atoms with van der Waals surface area (Å²) < 4.78 is 0. The van der Waals surface area contributed by atoms with E-state index in [1.54, 1.807) is 0 Å². The number of fused-ring (bicyclic) bond motifs is 1. The smallest absolute Gasteiger partial charge is 0.278 e. The van der Waals surface area contributed by atoms with Crippen LogP contribution in [0, 0.1) is 13.8 Å². The van der Waals surface area contributed by atoms with E-state index in [0.717, 1.165) is 55.2 Å². The van der Waals surface area contributed by atoms with Gasteiger partial charge < -0.3 is 0 Å². The minimum Gasteiger partial charge on any atom is -0.297 e. The van der Waals surface area contributed by atoms with Crippen molar-refractivity contribution in [1.29, 1.82) is 0 Å². The first-order valence-corrected chi connectivity index (χ1v) is 11.6. The molecule has 0 radical (unpaired) electrons. The Labute approximate surface area is 196 Å². The second-order valence-corrected chi connectivity index (χ2v) is 9.02. The van der Waals surface area contributed by atoms with E-state index in [1.165, 1.54) is 11.1 Å². The molecule has 0 atom stereocenters. The van der Waals surface area contributed by atoms with Crippen molar-refractivity contribution < 1.29 is 4.79 Å². The highest BCUT2D eigenvalue weighted by Gasteiger charge is 2.35. The lowest BCUT2D eigenvalue weighted by atomic mass is 10.1. The molecule has 3 aromatic rings. The van der Waals surface area contributed by atoms with Gasteiger partial charge in [-0.15, -0.1) is 0 Å². The van der Waals surface area contributed by atoms with Crippen LogP contribution in [-0.2, 0) is 11.3 Å². The van der Waals surface area contributed by atoms with Crippen molar-refractivity contribution in [2.75, 3.05) is 37.7 Å². The second-order valence-electron chi connectivity index (χ2n) is 9.02. The van der Waals surface area contributed by atoms with Crippen LogP contribution in [0.1, 0.15) is 22.3 Å². The Balaban J connectivity index is 1.30. The van der Waals surface area contributed by atoms with E-state index in [-0.39, 0.29) is 5.91 Å². The van der Waals surface area contributed by atoms with Crippen molar-refractivity contribution in [3.8, 4) is 0 Å². The van der Waals surface area contributed by atoms with Crippen LogP contribution in [0.2, 0.25) is 0 Å². The largest absolute Gasteiger partial charge is 0.297 e. The maximum atomic E-state index is 13.5. The van der Waals surface area contributed by atoms with Crippen LogP contribution in [-0.4, -0.2) is 54.3 Å². The van der Waals surface area contributed by atoms with Gasteiger partial charge in [0.05, 0.1) is 18.0 Å². The van der Waals surface area contributed by atoms with Gasteiger partial charge in [0, 0.05) is 38.3 Å². The summed E-state index contributed by atoms with van der Waals surface area (Å²) in [5.41, 5.74) is 6.91. The lowest BCUT2D eigenvalue weighted by Gasteiger charge is -2.36.